The Morgan fingerprint density at radius 3 is 2.78 bits per heavy atom. The molecular weight excluding hydrogens is 435 g/mol. The highest BCUT2D eigenvalue weighted by atomic mass is 32.1. The zero-order chi connectivity index (χ0) is 22.4. The van der Waals surface area contributed by atoms with Crippen molar-refractivity contribution >= 4 is 22.2 Å². The second-order valence-electron chi connectivity index (χ2n) is 7.51. The molecule has 8 heteroatoms. The van der Waals surface area contributed by atoms with Crippen molar-refractivity contribution in [3.8, 4) is 28.8 Å². The van der Waals surface area contributed by atoms with Gasteiger partial charge in [0.1, 0.15) is 5.75 Å². The second-order valence-corrected chi connectivity index (χ2v) is 8.37. The average molecular weight is 458 g/mol. The molecule has 2 heterocycles. The number of nitrogens with one attached hydrogen (secondary N) is 1. The van der Waals surface area contributed by atoms with Crippen LogP contribution in [0.5, 0.6) is 5.75 Å². The SMILES string of the molecule is FC(F)(F)c1cc(Nc2nc(-c3cccnc3)cs2)ccc1OCCC#CC1CCCC1. The minimum absolute atomic E-state index is 0.122. The van der Waals surface area contributed by atoms with E-state index in [9.17, 15) is 13.2 Å². The molecular formula is C24H22F3N3OS. The lowest BCUT2D eigenvalue weighted by atomic mass is 10.1. The summed E-state index contributed by atoms with van der Waals surface area (Å²) < 4.78 is 46.3. The lowest BCUT2D eigenvalue weighted by Crippen LogP contribution is -2.10. The van der Waals surface area contributed by atoms with Gasteiger partial charge in [0, 0.05) is 41.4 Å². The highest BCUT2D eigenvalue weighted by Crippen LogP contribution is 2.39. The van der Waals surface area contributed by atoms with E-state index in [1.165, 1.54) is 30.2 Å². The maximum Gasteiger partial charge on any atom is 0.420 e. The number of hydrogen-bond acceptors (Lipinski definition) is 5. The fraction of sp³-hybridized carbons (Fsp3) is 0.333. The van der Waals surface area contributed by atoms with E-state index in [1.807, 2.05) is 11.4 Å². The van der Waals surface area contributed by atoms with E-state index in [4.69, 9.17) is 4.74 Å². The van der Waals surface area contributed by atoms with Gasteiger partial charge in [-0.1, -0.05) is 24.7 Å². The first kappa shape index (κ1) is 22.2. The maximum atomic E-state index is 13.6. The van der Waals surface area contributed by atoms with Crippen LogP contribution in [0.4, 0.5) is 24.0 Å². The fourth-order valence-corrected chi connectivity index (χ4v) is 4.30. The Hall–Kier alpha value is -3.05. The third kappa shape index (κ3) is 5.80. The number of ether oxygens (including phenoxy) is 1. The molecule has 2 aromatic heterocycles. The minimum atomic E-state index is -4.54. The summed E-state index contributed by atoms with van der Waals surface area (Å²) >= 11 is 1.31. The van der Waals surface area contributed by atoms with Crippen LogP contribution in [-0.4, -0.2) is 16.6 Å². The van der Waals surface area contributed by atoms with Crippen LogP contribution in [0.1, 0.15) is 37.7 Å². The number of hydrogen-bond donors (Lipinski definition) is 1. The molecule has 1 aliphatic rings. The van der Waals surface area contributed by atoms with E-state index in [0.717, 1.165) is 24.5 Å². The largest absolute Gasteiger partial charge is 0.492 e. The number of rotatable bonds is 6. The molecule has 0 spiro atoms. The number of aromatic nitrogens is 2. The van der Waals surface area contributed by atoms with Crippen molar-refractivity contribution in [1.29, 1.82) is 0 Å². The van der Waals surface area contributed by atoms with Crippen molar-refractivity contribution in [3.63, 3.8) is 0 Å². The second kappa shape index (κ2) is 10.0. The Bertz CT molecular complexity index is 1100. The first-order chi connectivity index (χ1) is 15.5. The molecule has 0 saturated heterocycles. The summed E-state index contributed by atoms with van der Waals surface area (Å²) in [7, 11) is 0. The van der Waals surface area contributed by atoms with Crippen molar-refractivity contribution in [2.45, 2.75) is 38.3 Å². The van der Waals surface area contributed by atoms with Gasteiger partial charge in [-0.05, 0) is 43.2 Å². The van der Waals surface area contributed by atoms with Crippen molar-refractivity contribution in [2.24, 2.45) is 5.92 Å². The van der Waals surface area contributed by atoms with Crippen LogP contribution in [0.15, 0.2) is 48.1 Å². The van der Waals surface area contributed by atoms with Crippen LogP contribution in [0.3, 0.4) is 0 Å². The van der Waals surface area contributed by atoms with Gasteiger partial charge < -0.3 is 10.1 Å². The molecule has 32 heavy (non-hydrogen) atoms. The third-order valence-electron chi connectivity index (χ3n) is 5.14. The molecule has 166 valence electrons. The van der Waals surface area contributed by atoms with E-state index in [1.54, 1.807) is 24.5 Å². The Kier molecular flexibility index (Phi) is 6.96. The normalized spacial score (nSPS) is 14.1. The summed E-state index contributed by atoms with van der Waals surface area (Å²) in [5.41, 5.74) is 1.01. The summed E-state index contributed by atoms with van der Waals surface area (Å²) in [5, 5.41) is 5.27. The third-order valence-corrected chi connectivity index (χ3v) is 5.90. The van der Waals surface area contributed by atoms with Crippen LogP contribution in [0, 0.1) is 17.8 Å². The fourth-order valence-electron chi connectivity index (χ4n) is 3.56. The Balaban J connectivity index is 1.42. The monoisotopic (exact) mass is 457 g/mol. The van der Waals surface area contributed by atoms with Gasteiger partial charge in [0.2, 0.25) is 0 Å². The summed E-state index contributed by atoms with van der Waals surface area (Å²) in [4.78, 5) is 8.49. The van der Waals surface area contributed by atoms with E-state index in [0.29, 0.717) is 23.2 Å². The van der Waals surface area contributed by atoms with Crippen LogP contribution < -0.4 is 10.1 Å². The van der Waals surface area contributed by atoms with E-state index >= 15 is 0 Å². The first-order valence-corrected chi connectivity index (χ1v) is 11.3. The highest BCUT2D eigenvalue weighted by molar-refractivity contribution is 7.14. The summed E-state index contributed by atoms with van der Waals surface area (Å²) in [6, 6.07) is 7.62. The van der Waals surface area contributed by atoms with Gasteiger partial charge in [-0.25, -0.2) is 4.98 Å². The predicted molar refractivity (Wildman–Crippen MR) is 120 cm³/mol. The van der Waals surface area contributed by atoms with E-state index in [2.05, 4.69) is 27.1 Å². The number of alkyl halides is 3. The maximum absolute atomic E-state index is 13.6. The summed E-state index contributed by atoms with van der Waals surface area (Å²) in [6.45, 7) is 0.122. The number of benzene rings is 1. The van der Waals surface area contributed by atoms with Crippen LogP contribution in [-0.2, 0) is 6.18 Å². The van der Waals surface area contributed by atoms with Crippen molar-refractivity contribution < 1.29 is 17.9 Å². The molecule has 4 rings (SSSR count). The van der Waals surface area contributed by atoms with Crippen LogP contribution in [0.25, 0.3) is 11.3 Å². The molecule has 0 radical (unpaired) electrons. The zero-order valence-corrected chi connectivity index (χ0v) is 18.1. The molecule has 0 aliphatic heterocycles. The van der Waals surface area contributed by atoms with Gasteiger partial charge in [0.15, 0.2) is 5.13 Å². The average Bonchev–Trinajstić information content (AvgIpc) is 3.46. The highest BCUT2D eigenvalue weighted by Gasteiger charge is 2.34. The number of nitrogens with zero attached hydrogens (tertiary/aromatic N) is 2. The first-order valence-electron chi connectivity index (χ1n) is 10.4. The predicted octanol–water partition coefficient (Wildman–Crippen LogP) is 6.93. The van der Waals surface area contributed by atoms with Crippen molar-refractivity contribution in [2.75, 3.05) is 11.9 Å². The van der Waals surface area contributed by atoms with E-state index < -0.39 is 11.7 Å². The standard InChI is InChI=1S/C24H22F3N3OS/c25-24(26,27)20-14-19(29-23-30-21(16-32-23)18-9-5-12-28-15-18)10-11-22(20)31-13-4-3-8-17-6-1-2-7-17/h5,9-12,14-17H,1-2,4,6-7,13H2,(H,29,30). The molecule has 0 bridgehead atoms. The van der Waals surface area contributed by atoms with E-state index in [-0.39, 0.29) is 18.0 Å². The molecule has 1 N–H and O–H groups in total. The minimum Gasteiger partial charge on any atom is -0.492 e. The number of thiazole rings is 1. The van der Waals surface area contributed by atoms with Gasteiger partial charge in [-0.3, -0.25) is 4.98 Å². The summed E-state index contributed by atoms with van der Waals surface area (Å²) in [6.07, 6.45) is 3.86. The molecule has 0 amide bonds. The molecule has 3 aromatic rings. The molecule has 1 aromatic carbocycles. The molecule has 1 fully saturated rings. The van der Waals surface area contributed by atoms with Gasteiger partial charge in [0.05, 0.1) is 17.9 Å². The molecule has 0 unspecified atom stereocenters. The van der Waals surface area contributed by atoms with Gasteiger partial charge in [-0.2, -0.15) is 13.2 Å². The Labute approximate surface area is 188 Å². The molecule has 4 nitrogen and oxygen atoms in total. The van der Waals surface area contributed by atoms with Gasteiger partial charge in [-0.15, -0.1) is 11.3 Å². The van der Waals surface area contributed by atoms with Crippen LogP contribution in [0.2, 0.25) is 0 Å². The molecule has 1 saturated carbocycles. The molecule has 1 aliphatic carbocycles. The Morgan fingerprint density at radius 1 is 1.19 bits per heavy atom. The zero-order valence-electron chi connectivity index (χ0n) is 17.3. The Morgan fingerprint density at radius 2 is 2.03 bits per heavy atom. The number of halogens is 3. The number of pyridine rings is 1. The van der Waals surface area contributed by atoms with Gasteiger partial charge >= 0.3 is 6.18 Å². The topological polar surface area (TPSA) is 47.0 Å². The molecule has 0 atom stereocenters. The smallest absolute Gasteiger partial charge is 0.420 e. The van der Waals surface area contributed by atoms with Crippen molar-refractivity contribution in [1.82, 2.24) is 9.97 Å². The van der Waals surface area contributed by atoms with Gasteiger partial charge in [0.25, 0.3) is 0 Å². The number of anilines is 2. The lowest BCUT2D eigenvalue weighted by molar-refractivity contribution is -0.138. The van der Waals surface area contributed by atoms with Crippen LogP contribution >= 0.6 is 11.3 Å². The summed E-state index contributed by atoms with van der Waals surface area (Å²) in [5.74, 6) is 6.46. The quantitative estimate of drug-likeness (QED) is 0.322. The lowest BCUT2D eigenvalue weighted by Gasteiger charge is -2.15. The van der Waals surface area contributed by atoms with Crippen molar-refractivity contribution in [3.05, 3.63) is 53.7 Å².